The van der Waals surface area contributed by atoms with E-state index in [0.29, 0.717) is 5.56 Å². The summed E-state index contributed by atoms with van der Waals surface area (Å²) in [6, 6.07) is 4.45. The molecule has 0 fully saturated rings. The molecule has 72 valence electrons. The predicted octanol–water partition coefficient (Wildman–Crippen LogP) is 2.00. The first kappa shape index (κ1) is 10.6. The van der Waals surface area contributed by atoms with E-state index in [1.807, 2.05) is 0 Å². The average molecular weight is 249 g/mol. The topological polar surface area (TPSA) is 40.5 Å². The monoisotopic (exact) mass is 248 g/mol. The van der Waals surface area contributed by atoms with Crippen LogP contribution in [0.5, 0.6) is 0 Å². The summed E-state index contributed by atoms with van der Waals surface area (Å²) in [4.78, 5) is 0. The third-order valence-electron chi connectivity index (χ3n) is 1.74. The number of hydrogen-bond donors (Lipinski definition) is 2. The van der Waals surface area contributed by atoms with Gasteiger partial charge in [0.1, 0.15) is 5.82 Å². The van der Waals surface area contributed by atoms with Crippen molar-refractivity contribution in [3.8, 4) is 0 Å². The van der Waals surface area contributed by atoms with E-state index >= 15 is 0 Å². The second-order valence-electron chi connectivity index (χ2n) is 2.67. The van der Waals surface area contributed by atoms with E-state index in [1.54, 1.807) is 6.07 Å². The van der Waals surface area contributed by atoms with E-state index in [-0.39, 0.29) is 17.5 Å². The zero-order chi connectivity index (χ0) is 9.84. The molecule has 0 aromatic heterocycles. The number of aliphatic hydroxyl groups is 2. The molecular formula is C9H10BrFO2. The second-order valence-corrected chi connectivity index (χ2v) is 3.46. The standard InChI is InChI=1S/C9H10BrFO2/c10-9-6(8(13)4-5-12)2-1-3-7(9)11/h1-3,8,12-13H,4-5H2. The van der Waals surface area contributed by atoms with Crippen LogP contribution in [0.15, 0.2) is 22.7 Å². The number of rotatable bonds is 3. The number of benzene rings is 1. The molecule has 1 aromatic carbocycles. The van der Waals surface area contributed by atoms with E-state index in [0.717, 1.165) is 0 Å². The quantitative estimate of drug-likeness (QED) is 0.860. The molecule has 0 amide bonds. The van der Waals surface area contributed by atoms with Gasteiger partial charge in [-0.05, 0) is 27.6 Å². The molecule has 0 aliphatic heterocycles. The molecular weight excluding hydrogens is 239 g/mol. The maximum Gasteiger partial charge on any atom is 0.137 e. The molecule has 0 bridgehead atoms. The smallest absolute Gasteiger partial charge is 0.137 e. The molecule has 1 unspecified atom stereocenters. The van der Waals surface area contributed by atoms with Crippen LogP contribution >= 0.6 is 15.9 Å². The largest absolute Gasteiger partial charge is 0.396 e. The molecule has 0 radical (unpaired) electrons. The Kier molecular flexibility index (Phi) is 3.84. The summed E-state index contributed by atoms with van der Waals surface area (Å²) in [5.74, 6) is -0.408. The molecule has 2 N–H and O–H groups in total. The van der Waals surface area contributed by atoms with Crippen molar-refractivity contribution in [1.82, 2.24) is 0 Å². The van der Waals surface area contributed by atoms with Crippen molar-refractivity contribution < 1.29 is 14.6 Å². The van der Waals surface area contributed by atoms with Gasteiger partial charge >= 0.3 is 0 Å². The first-order valence-electron chi connectivity index (χ1n) is 3.89. The Morgan fingerprint density at radius 3 is 2.77 bits per heavy atom. The van der Waals surface area contributed by atoms with Gasteiger partial charge in [0.05, 0.1) is 10.6 Å². The van der Waals surface area contributed by atoms with Gasteiger partial charge in [-0.25, -0.2) is 4.39 Å². The lowest BCUT2D eigenvalue weighted by atomic mass is 10.1. The Hall–Kier alpha value is -0.450. The molecule has 0 heterocycles. The van der Waals surface area contributed by atoms with Crippen LogP contribution in [0, 0.1) is 5.82 Å². The normalized spacial score (nSPS) is 12.9. The molecule has 0 saturated carbocycles. The van der Waals surface area contributed by atoms with Gasteiger partial charge in [0, 0.05) is 13.0 Å². The summed E-state index contributed by atoms with van der Waals surface area (Å²) in [5.41, 5.74) is 0.467. The SMILES string of the molecule is OCCC(O)c1cccc(F)c1Br. The highest BCUT2D eigenvalue weighted by atomic mass is 79.9. The molecule has 0 aliphatic carbocycles. The Morgan fingerprint density at radius 2 is 2.15 bits per heavy atom. The summed E-state index contributed by atoms with van der Waals surface area (Å²) in [5, 5.41) is 18.1. The Morgan fingerprint density at radius 1 is 1.46 bits per heavy atom. The number of aliphatic hydroxyl groups excluding tert-OH is 2. The summed E-state index contributed by atoms with van der Waals surface area (Å²) >= 11 is 3.03. The summed E-state index contributed by atoms with van der Waals surface area (Å²) in [7, 11) is 0. The zero-order valence-corrected chi connectivity index (χ0v) is 8.46. The van der Waals surface area contributed by atoms with Crippen LogP contribution in [0.25, 0.3) is 0 Å². The average Bonchev–Trinajstić information content (AvgIpc) is 2.10. The Labute approximate surface area is 84.1 Å². The van der Waals surface area contributed by atoms with Crippen molar-refractivity contribution in [2.24, 2.45) is 0 Å². The van der Waals surface area contributed by atoms with E-state index < -0.39 is 11.9 Å². The van der Waals surface area contributed by atoms with E-state index in [2.05, 4.69) is 15.9 Å². The molecule has 1 atom stereocenters. The van der Waals surface area contributed by atoms with E-state index in [9.17, 15) is 9.50 Å². The minimum atomic E-state index is -0.824. The van der Waals surface area contributed by atoms with E-state index in [4.69, 9.17) is 5.11 Å². The Balaban J connectivity index is 2.93. The lowest BCUT2D eigenvalue weighted by Crippen LogP contribution is -2.01. The van der Waals surface area contributed by atoms with E-state index in [1.165, 1.54) is 12.1 Å². The maximum atomic E-state index is 13.0. The van der Waals surface area contributed by atoms with Crippen molar-refractivity contribution in [2.75, 3.05) is 6.61 Å². The maximum absolute atomic E-state index is 13.0. The van der Waals surface area contributed by atoms with Crippen molar-refractivity contribution in [1.29, 1.82) is 0 Å². The lowest BCUT2D eigenvalue weighted by Gasteiger charge is -2.11. The van der Waals surface area contributed by atoms with Crippen LogP contribution < -0.4 is 0 Å². The highest BCUT2D eigenvalue weighted by Crippen LogP contribution is 2.27. The minimum Gasteiger partial charge on any atom is -0.396 e. The van der Waals surface area contributed by atoms with Crippen molar-refractivity contribution in [2.45, 2.75) is 12.5 Å². The number of hydrogen-bond acceptors (Lipinski definition) is 2. The molecule has 0 aliphatic rings. The predicted molar refractivity (Wildman–Crippen MR) is 50.8 cm³/mol. The van der Waals surface area contributed by atoms with Gasteiger partial charge in [0.25, 0.3) is 0 Å². The molecule has 1 aromatic rings. The summed E-state index contributed by atoms with van der Waals surface area (Å²) in [6.07, 6.45) is -0.614. The van der Waals surface area contributed by atoms with Gasteiger partial charge in [-0.1, -0.05) is 12.1 Å². The second kappa shape index (κ2) is 4.69. The summed E-state index contributed by atoms with van der Waals surface area (Å²) < 4.78 is 13.2. The van der Waals surface area contributed by atoms with Crippen LogP contribution in [0.3, 0.4) is 0 Å². The van der Waals surface area contributed by atoms with Crippen molar-refractivity contribution in [3.63, 3.8) is 0 Å². The summed E-state index contributed by atoms with van der Waals surface area (Å²) in [6.45, 7) is -0.121. The molecule has 13 heavy (non-hydrogen) atoms. The third-order valence-corrected chi connectivity index (χ3v) is 2.58. The molecule has 1 rings (SSSR count). The highest BCUT2D eigenvalue weighted by Gasteiger charge is 2.12. The molecule has 0 saturated heterocycles. The molecule has 0 spiro atoms. The van der Waals surface area contributed by atoms with Gasteiger partial charge in [-0.3, -0.25) is 0 Å². The van der Waals surface area contributed by atoms with Gasteiger partial charge in [-0.2, -0.15) is 0 Å². The molecule has 2 nitrogen and oxygen atoms in total. The van der Waals surface area contributed by atoms with Gasteiger partial charge in [-0.15, -0.1) is 0 Å². The first-order chi connectivity index (χ1) is 6.16. The van der Waals surface area contributed by atoms with Crippen LogP contribution in [0.2, 0.25) is 0 Å². The van der Waals surface area contributed by atoms with Crippen LogP contribution in [-0.2, 0) is 0 Å². The fraction of sp³-hybridized carbons (Fsp3) is 0.333. The van der Waals surface area contributed by atoms with Crippen molar-refractivity contribution >= 4 is 15.9 Å². The van der Waals surface area contributed by atoms with Gasteiger partial charge < -0.3 is 10.2 Å². The van der Waals surface area contributed by atoms with Crippen LogP contribution in [-0.4, -0.2) is 16.8 Å². The third kappa shape index (κ3) is 2.49. The van der Waals surface area contributed by atoms with Crippen LogP contribution in [0.1, 0.15) is 18.1 Å². The van der Waals surface area contributed by atoms with Gasteiger partial charge in [0.2, 0.25) is 0 Å². The Bertz CT molecular complexity index is 291. The molecule has 4 heteroatoms. The minimum absolute atomic E-state index is 0.121. The van der Waals surface area contributed by atoms with Gasteiger partial charge in [0.15, 0.2) is 0 Å². The first-order valence-corrected chi connectivity index (χ1v) is 4.69. The highest BCUT2D eigenvalue weighted by molar-refractivity contribution is 9.10. The number of halogens is 2. The van der Waals surface area contributed by atoms with Crippen LogP contribution in [0.4, 0.5) is 4.39 Å². The zero-order valence-electron chi connectivity index (χ0n) is 6.87. The lowest BCUT2D eigenvalue weighted by molar-refractivity contribution is 0.133. The fourth-order valence-corrected chi connectivity index (χ4v) is 1.58. The fourth-order valence-electron chi connectivity index (χ4n) is 1.06. The van der Waals surface area contributed by atoms with Crippen molar-refractivity contribution in [3.05, 3.63) is 34.1 Å².